The van der Waals surface area contributed by atoms with E-state index >= 15 is 0 Å². The summed E-state index contributed by atoms with van der Waals surface area (Å²) >= 11 is 0. The van der Waals surface area contributed by atoms with E-state index < -0.39 is 353 Å². The van der Waals surface area contributed by atoms with Crippen LogP contribution in [0.4, 0.5) is 0 Å². The van der Waals surface area contributed by atoms with Gasteiger partial charge in [-0.2, -0.15) is 0 Å². The SMILES string of the molecule is CC(=O)N[C@H]1[C@H](O[C@@H]2[C@@H](OC[C@H]3O[C@@H](O[C@H]4[C@H](O)[C@@H](NC(C)=O)[C@H](O[C@H]5[C@H](O)[C@@H](NC(C)=O)C(O)O[C@@H]5CO)O[C@@H]4CO)[C@@H](O[C@@H]4O[C@H](CO)[C@H](O)[C@H]4O)[C@@H](O[C@H]4O[C@H](CO)[C@@H](O)[C@H](C)[C@@H]4O)[C@@H]3O)O[C@H](CO)[C@@H](O)[C@@H]2O)O[C@H](CO)[C@@H](O[C@@H]2O[C@H](CO)[C@H](O)[C@H](O[C@@H]3O[C@H](CO)[C@H](O)[C@H](C)[C@H]3O)[C@H]2NC(C)=O)[C@@H]1O. The Kier molecular flexibility index (Phi) is 32.4. The van der Waals surface area contributed by atoms with Gasteiger partial charge in [-0.1, -0.05) is 13.8 Å². The zero-order valence-electron chi connectivity index (χ0n) is 60.2. The number of ether oxygens (including phenoxy) is 17. The zero-order valence-corrected chi connectivity index (χ0v) is 60.2. The van der Waals surface area contributed by atoms with Gasteiger partial charge in [-0.05, 0) is 0 Å². The number of amides is 4. The molecule has 0 radical (unpaired) electrons. The number of carbonyl (C=O) groups excluding carboxylic acids is 4. The molecular weight excluding hydrogens is 1500 g/mol. The minimum atomic E-state index is -2.35. The van der Waals surface area contributed by atoms with Crippen LogP contribution in [-0.2, 0) is 99.7 Å². The van der Waals surface area contributed by atoms with Crippen molar-refractivity contribution in [2.45, 2.75) is 299 Å². The number of aliphatic hydroxyl groups excluding tert-OH is 22. The summed E-state index contributed by atoms with van der Waals surface area (Å²) in [7, 11) is 0. The van der Waals surface area contributed by atoms with Crippen molar-refractivity contribution in [1.82, 2.24) is 21.3 Å². The third kappa shape index (κ3) is 19.8. The fourth-order valence-corrected chi connectivity index (χ4v) is 14.6. The van der Waals surface area contributed by atoms with Gasteiger partial charge in [0.05, 0.1) is 71.7 Å². The molecule has 4 amide bonds. The molecular formula is C63H106N4O43. The Morgan fingerprint density at radius 2 is 0.545 bits per heavy atom. The second-order valence-electron chi connectivity index (χ2n) is 28.4. The summed E-state index contributed by atoms with van der Waals surface area (Å²) in [6, 6.07) is -7.16. The van der Waals surface area contributed by atoms with Crippen LogP contribution in [-0.4, -0.2) is 453 Å². The average Bonchev–Trinajstić information content (AvgIpc) is 1.13. The van der Waals surface area contributed by atoms with Gasteiger partial charge in [0, 0.05) is 39.5 Å². The highest BCUT2D eigenvalue weighted by atomic mass is 16.8. The van der Waals surface area contributed by atoms with Crippen LogP contribution in [0.2, 0.25) is 0 Å². The Bertz CT molecular complexity index is 2910. The molecule has 0 bridgehead atoms. The maximum absolute atomic E-state index is 13.1. The Hall–Kier alpha value is -3.68. The Morgan fingerprint density at radius 1 is 0.255 bits per heavy atom. The van der Waals surface area contributed by atoms with Crippen molar-refractivity contribution in [3.63, 3.8) is 0 Å². The van der Waals surface area contributed by atoms with Crippen LogP contribution in [0.5, 0.6) is 0 Å². The lowest BCUT2D eigenvalue weighted by atomic mass is 9.90. The molecule has 9 rings (SSSR count). The van der Waals surface area contributed by atoms with E-state index in [0.717, 1.165) is 27.7 Å². The van der Waals surface area contributed by atoms with Crippen molar-refractivity contribution < 1.29 is 212 Å². The zero-order chi connectivity index (χ0) is 80.9. The van der Waals surface area contributed by atoms with Crippen molar-refractivity contribution >= 4 is 23.6 Å². The average molecular weight is 1610 g/mol. The van der Waals surface area contributed by atoms with Crippen LogP contribution < -0.4 is 21.3 Å². The van der Waals surface area contributed by atoms with Crippen LogP contribution in [0.3, 0.4) is 0 Å². The van der Waals surface area contributed by atoms with Crippen molar-refractivity contribution in [3.8, 4) is 0 Å². The van der Waals surface area contributed by atoms with Gasteiger partial charge >= 0.3 is 0 Å². The lowest BCUT2D eigenvalue weighted by Gasteiger charge is -2.51. The number of hydrogen-bond acceptors (Lipinski definition) is 43. The van der Waals surface area contributed by atoms with Crippen molar-refractivity contribution in [3.05, 3.63) is 0 Å². The molecule has 9 saturated heterocycles. The fraction of sp³-hybridized carbons (Fsp3) is 0.937. The topological polar surface area (TPSA) is 718 Å². The Balaban J connectivity index is 1.04. The number of nitrogens with one attached hydrogen (secondary N) is 4. The lowest BCUT2D eigenvalue weighted by Crippen LogP contribution is -2.71. The first-order valence-electron chi connectivity index (χ1n) is 35.7. The first-order chi connectivity index (χ1) is 52.1. The quantitative estimate of drug-likeness (QED) is 0.0331. The van der Waals surface area contributed by atoms with Gasteiger partial charge in [-0.15, -0.1) is 0 Å². The number of hydrogen-bond donors (Lipinski definition) is 26. The highest BCUT2D eigenvalue weighted by Crippen LogP contribution is 2.41. The van der Waals surface area contributed by atoms with Crippen LogP contribution >= 0.6 is 0 Å². The second-order valence-corrected chi connectivity index (χ2v) is 28.4. The largest absolute Gasteiger partial charge is 0.394 e. The number of aliphatic hydroxyl groups is 22. The summed E-state index contributed by atoms with van der Waals surface area (Å²) in [6.07, 6.45) is -73.6. The van der Waals surface area contributed by atoms with Gasteiger partial charge in [-0.25, -0.2) is 0 Å². The van der Waals surface area contributed by atoms with E-state index in [1.54, 1.807) is 0 Å². The molecule has 0 aliphatic carbocycles. The smallest absolute Gasteiger partial charge is 0.217 e. The highest BCUT2D eigenvalue weighted by Gasteiger charge is 2.61. The number of rotatable bonds is 29. The van der Waals surface area contributed by atoms with E-state index in [0.29, 0.717) is 0 Å². The molecule has 0 spiro atoms. The summed E-state index contributed by atoms with van der Waals surface area (Å²) in [5.41, 5.74) is 0. The molecule has 1 unspecified atom stereocenters. The summed E-state index contributed by atoms with van der Waals surface area (Å²) in [5.74, 6) is -5.68. The molecule has 9 heterocycles. The number of carbonyl (C=O) groups is 4. The molecule has 110 heavy (non-hydrogen) atoms. The van der Waals surface area contributed by atoms with Crippen LogP contribution in [0.15, 0.2) is 0 Å². The van der Waals surface area contributed by atoms with E-state index in [9.17, 15) is 132 Å². The third-order valence-electron chi connectivity index (χ3n) is 20.8. The van der Waals surface area contributed by atoms with Crippen molar-refractivity contribution in [1.29, 1.82) is 0 Å². The molecule has 0 aromatic carbocycles. The van der Waals surface area contributed by atoms with Crippen molar-refractivity contribution in [2.75, 3.05) is 59.5 Å². The first-order valence-corrected chi connectivity index (χ1v) is 35.7. The molecule has 9 fully saturated rings. The summed E-state index contributed by atoms with van der Waals surface area (Å²) < 4.78 is 103. The van der Waals surface area contributed by atoms with Crippen molar-refractivity contribution in [2.24, 2.45) is 11.8 Å². The van der Waals surface area contributed by atoms with Gasteiger partial charge in [0.25, 0.3) is 0 Å². The van der Waals surface area contributed by atoms with Gasteiger partial charge in [0.15, 0.2) is 56.6 Å². The molecule has 47 nitrogen and oxygen atoms in total. The molecule has 44 atom stereocenters. The molecule has 636 valence electrons. The summed E-state index contributed by atoms with van der Waals surface area (Å²) in [6.45, 7) is -2.42. The van der Waals surface area contributed by atoms with E-state index in [4.69, 9.17) is 80.5 Å². The van der Waals surface area contributed by atoms with Crippen LogP contribution in [0.1, 0.15) is 41.5 Å². The lowest BCUT2D eigenvalue weighted by molar-refractivity contribution is -0.399. The molecule has 47 heteroatoms. The Labute approximate surface area is 626 Å². The third-order valence-corrected chi connectivity index (χ3v) is 20.8. The van der Waals surface area contributed by atoms with Gasteiger partial charge in [0.2, 0.25) is 23.6 Å². The Morgan fingerprint density at radius 3 is 0.991 bits per heavy atom. The van der Waals surface area contributed by atoms with Crippen LogP contribution in [0.25, 0.3) is 0 Å². The standard InChI is InChI=1S/C63H106N4O43/c1-16-35(80)22(7-68)97-59(37(16)82)107-51-34(67-21(6)79)58(96-26(11-72)41(51)86)105-49-28(13-74)102-57(33(44(49)89)66-20(5)78)109-53-46(91)39(84)24(9-70)100-62(53)94-15-30-42(87)52(108-60-38(83)17(2)36(81)23(8-69)98-60)54(110-61-47(92)40(85)25(10-71)99-61)63(103-30)106-50-29(14-75)101-56(32(45(50)90)65-19(4)77)104-48-27(12-73)95-55(93)31(43(48)88)64-18(3)76/h16-17,22-63,68-75,80-93H,7-15H2,1-6H3,(H,64,76)(H,65,77)(H,66,78)(H,67,79)/t16-,17-,22+,23+,24+,25+,26+,27+,28+,29+,30+,31+,32+,33+,34+,35+,36-,37+,38-,39+,40-,41-,42+,43+,44+,45+,46-,47+,48+,49+,50+,51+,52-,53-,54-,55?,56-,57-,58-,59-,60+,61-,62-,63-/m0/s1. The molecule has 9 aliphatic rings. The predicted molar refractivity (Wildman–Crippen MR) is 344 cm³/mol. The van der Waals surface area contributed by atoms with E-state index in [1.165, 1.54) is 13.8 Å². The maximum Gasteiger partial charge on any atom is 0.217 e. The normalized spacial score (nSPS) is 48.8. The summed E-state index contributed by atoms with van der Waals surface area (Å²) in [5, 5.41) is 255. The van der Waals surface area contributed by atoms with Gasteiger partial charge in [0.1, 0.15) is 189 Å². The highest BCUT2D eigenvalue weighted by molar-refractivity contribution is 5.74. The summed E-state index contributed by atoms with van der Waals surface area (Å²) in [4.78, 5) is 51.3. The monoisotopic (exact) mass is 1610 g/mol. The van der Waals surface area contributed by atoms with E-state index in [-0.39, 0.29) is 0 Å². The van der Waals surface area contributed by atoms with E-state index in [1.807, 2.05) is 0 Å². The molecule has 9 aliphatic heterocycles. The molecule has 26 N–H and O–H groups in total. The van der Waals surface area contributed by atoms with Gasteiger partial charge < -0.3 is 214 Å². The molecule has 0 aromatic rings. The van der Waals surface area contributed by atoms with Gasteiger partial charge in [-0.3, -0.25) is 19.2 Å². The maximum atomic E-state index is 13.1. The van der Waals surface area contributed by atoms with Crippen LogP contribution in [0, 0.1) is 11.8 Å². The predicted octanol–water partition coefficient (Wildman–Crippen LogP) is -16.9. The molecule has 0 saturated carbocycles. The molecule has 0 aromatic heterocycles. The second kappa shape index (κ2) is 39.5. The minimum Gasteiger partial charge on any atom is -0.394 e. The minimum absolute atomic E-state index is 0.768. The van der Waals surface area contributed by atoms with E-state index in [2.05, 4.69) is 21.3 Å². The fourth-order valence-electron chi connectivity index (χ4n) is 14.6. The first kappa shape index (κ1) is 90.2.